The predicted molar refractivity (Wildman–Crippen MR) is 89.5 cm³/mol. The van der Waals surface area contributed by atoms with E-state index in [4.69, 9.17) is 36.3 Å². The molecule has 1 aliphatic heterocycles. The summed E-state index contributed by atoms with van der Waals surface area (Å²) < 4.78 is 65.1. The summed E-state index contributed by atoms with van der Waals surface area (Å²) in [5, 5.41) is 36.4. The Morgan fingerprint density at radius 1 is 1.23 bits per heavy atom. The summed E-state index contributed by atoms with van der Waals surface area (Å²) in [6.45, 7) is -0.292. The number of carboxylic acid groups (broad SMARTS) is 2. The average molecular weight is 466 g/mol. The summed E-state index contributed by atoms with van der Waals surface area (Å²) in [5.74, 6) is -10.7. The molecule has 17 heteroatoms. The molecular formula is C14H19F5N4O8. The topological polar surface area (TPSA) is 218 Å². The maximum absolute atomic E-state index is 14.3. The number of carbonyl (C=O) groups is 3. The summed E-state index contributed by atoms with van der Waals surface area (Å²) in [6, 6.07) is -2.98. The molecule has 1 rings (SSSR count). The summed E-state index contributed by atoms with van der Waals surface area (Å²) in [4.78, 5) is 34.9. The molecule has 0 fully saturated rings. The van der Waals surface area contributed by atoms with Crippen LogP contribution in [0.2, 0.25) is 0 Å². The van der Waals surface area contributed by atoms with Crippen LogP contribution in [0.25, 0.3) is 0 Å². The number of ether oxygens (including phenoxy) is 1. The highest BCUT2D eigenvalue weighted by molar-refractivity contribution is 5.85. The molecular weight excluding hydrogens is 447 g/mol. The van der Waals surface area contributed by atoms with E-state index >= 15 is 0 Å². The first-order valence-electron chi connectivity index (χ1n) is 7.89. The van der Waals surface area contributed by atoms with E-state index < -0.39 is 72.6 Å². The molecule has 178 valence electrons. The highest BCUT2D eigenvalue weighted by atomic mass is 19.4. The zero-order valence-electron chi connectivity index (χ0n) is 15.5. The lowest BCUT2D eigenvalue weighted by molar-refractivity contribution is -0.205. The number of aliphatic imine (C=N–C) groups is 1. The lowest BCUT2D eigenvalue weighted by atomic mass is 9.91. The Kier molecular flexibility index (Phi) is 9.60. The van der Waals surface area contributed by atoms with Crippen molar-refractivity contribution in [2.75, 3.05) is 6.61 Å². The highest BCUT2D eigenvalue weighted by Crippen LogP contribution is 2.34. The molecule has 1 amide bonds. The molecule has 1 aliphatic rings. The van der Waals surface area contributed by atoms with Crippen molar-refractivity contribution >= 4 is 23.8 Å². The number of halogens is 5. The van der Waals surface area contributed by atoms with E-state index in [9.17, 15) is 36.6 Å². The number of alkyl halides is 5. The van der Waals surface area contributed by atoms with E-state index in [1.54, 1.807) is 0 Å². The van der Waals surface area contributed by atoms with E-state index in [0.29, 0.717) is 0 Å². The molecule has 0 bridgehead atoms. The Morgan fingerprint density at radius 2 is 1.71 bits per heavy atom. The summed E-state index contributed by atoms with van der Waals surface area (Å²) >= 11 is 0. The number of nitrogens with one attached hydrogen (secondary N) is 1. The van der Waals surface area contributed by atoms with Crippen molar-refractivity contribution < 1.29 is 61.5 Å². The Hall–Kier alpha value is -3.21. The van der Waals surface area contributed by atoms with Crippen LogP contribution in [-0.2, 0) is 19.1 Å². The molecule has 0 saturated carbocycles. The third kappa shape index (κ3) is 8.21. The monoisotopic (exact) mass is 466 g/mol. The van der Waals surface area contributed by atoms with Crippen LogP contribution < -0.4 is 16.8 Å². The highest BCUT2D eigenvalue weighted by Gasteiger charge is 2.56. The molecule has 0 aromatic heterocycles. The van der Waals surface area contributed by atoms with E-state index in [2.05, 4.69) is 10.3 Å². The van der Waals surface area contributed by atoms with Gasteiger partial charge in [-0.05, 0) is 6.08 Å². The van der Waals surface area contributed by atoms with Crippen molar-refractivity contribution in [3.8, 4) is 0 Å². The normalized spacial score (nSPS) is 21.9. The van der Waals surface area contributed by atoms with Crippen LogP contribution in [0.3, 0.4) is 0 Å². The number of hydrogen-bond acceptors (Lipinski definition) is 7. The second-order valence-corrected chi connectivity index (χ2v) is 5.82. The Bertz CT molecular complexity index is 739. The van der Waals surface area contributed by atoms with Crippen LogP contribution in [0.4, 0.5) is 22.0 Å². The van der Waals surface area contributed by atoms with Gasteiger partial charge in [0.05, 0.1) is 18.7 Å². The number of nitrogens with zero attached hydrogens (tertiary/aromatic N) is 1. The molecule has 1 heterocycles. The second kappa shape index (κ2) is 10.7. The van der Waals surface area contributed by atoms with Gasteiger partial charge in [0.15, 0.2) is 12.1 Å². The van der Waals surface area contributed by atoms with Gasteiger partial charge in [0.25, 0.3) is 0 Å². The fourth-order valence-electron chi connectivity index (χ4n) is 2.12. The van der Waals surface area contributed by atoms with Gasteiger partial charge in [-0.2, -0.15) is 22.0 Å². The zero-order chi connectivity index (χ0) is 24.7. The number of guanidine groups is 1. The number of nitrogens with two attached hydrogens (primary N) is 2. The third-order valence-electron chi connectivity index (χ3n) is 3.39. The number of aliphatic hydroxyl groups excluding tert-OH is 2. The number of aliphatic hydroxyl groups is 2. The lowest BCUT2D eigenvalue weighted by Gasteiger charge is -2.40. The first kappa shape index (κ1) is 27.8. The Balaban J connectivity index is 0.00000110. The molecule has 0 saturated heterocycles. The van der Waals surface area contributed by atoms with Crippen LogP contribution in [0.15, 0.2) is 16.8 Å². The van der Waals surface area contributed by atoms with Gasteiger partial charge in [0.1, 0.15) is 6.10 Å². The van der Waals surface area contributed by atoms with Crippen molar-refractivity contribution in [2.24, 2.45) is 16.5 Å². The number of amides is 1. The molecule has 0 aromatic carbocycles. The summed E-state index contributed by atoms with van der Waals surface area (Å²) in [7, 11) is 0. The Morgan fingerprint density at radius 3 is 2.03 bits per heavy atom. The van der Waals surface area contributed by atoms with Gasteiger partial charge < -0.3 is 41.9 Å². The molecule has 31 heavy (non-hydrogen) atoms. The minimum absolute atomic E-state index is 0.539. The second-order valence-electron chi connectivity index (χ2n) is 5.82. The van der Waals surface area contributed by atoms with Crippen LogP contribution in [-0.4, -0.2) is 87.2 Å². The van der Waals surface area contributed by atoms with Gasteiger partial charge in [-0.25, -0.2) is 14.6 Å². The fraction of sp³-hybridized carbons (Fsp3) is 0.571. The van der Waals surface area contributed by atoms with Gasteiger partial charge in [0.2, 0.25) is 11.7 Å². The first-order chi connectivity index (χ1) is 13.9. The molecule has 0 aliphatic carbocycles. The third-order valence-corrected chi connectivity index (χ3v) is 3.39. The number of carbonyl (C=O) groups excluding carboxylic acids is 1. The average Bonchev–Trinajstić information content (AvgIpc) is 2.60. The standard InChI is InChI=1S/C12H18F2N4O6.C2HF3O2/c1-4(20)17-8-5(18-11(15)16)2-6(10(22)23)24-9(8)12(13,14)7(21)3-19;3-2(4,5)1(6)7/h2,5,7-9,19,21H,3H2,1H3,(H,17,20)(H,22,23)(H4,15,16,18);(H,6,7)/t5-,7+,8+,9+;/m0./s1. The molecule has 0 aromatic rings. The van der Waals surface area contributed by atoms with Crippen LogP contribution in [0.1, 0.15) is 6.92 Å². The van der Waals surface area contributed by atoms with E-state index in [0.717, 1.165) is 13.0 Å². The molecule has 0 unspecified atom stereocenters. The summed E-state index contributed by atoms with van der Waals surface area (Å²) in [6.07, 6.45) is -9.14. The molecule has 0 radical (unpaired) electrons. The molecule has 0 spiro atoms. The van der Waals surface area contributed by atoms with Gasteiger partial charge in [-0.1, -0.05) is 0 Å². The first-order valence-corrected chi connectivity index (χ1v) is 7.89. The van der Waals surface area contributed by atoms with Crippen LogP contribution in [0.5, 0.6) is 0 Å². The van der Waals surface area contributed by atoms with E-state index in [-0.39, 0.29) is 0 Å². The number of aliphatic carboxylic acids is 2. The zero-order valence-corrected chi connectivity index (χ0v) is 15.5. The maximum Gasteiger partial charge on any atom is 0.490 e. The SMILES string of the molecule is CC(=O)N[C@@H]1[C@@H](N=C(N)N)C=C(C(=O)O)O[C@H]1C(F)(F)[C@H](O)CO.O=C(O)C(F)(F)F. The minimum Gasteiger partial charge on any atom is -0.475 e. The number of carboxylic acids is 2. The quantitative estimate of drug-likeness (QED) is 0.131. The molecule has 9 N–H and O–H groups in total. The number of rotatable bonds is 6. The van der Waals surface area contributed by atoms with Crippen molar-refractivity contribution in [3.63, 3.8) is 0 Å². The smallest absolute Gasteiger partial charge is 0.475 e. The number of hydrogen-bond donors (Lipinski definition) is 7. The minimum atomic E-state index is -5.08. The lowest BCUT2D eigenvalue weighted by Crippen LogP contribution is -2.62. The van der Waals surface area contributed by atoms with E-state index in [1.807, 2.05) is 0 Å². The van der Waals surface area contributed by atoms with Gasteiger partial charge in [0, 0.05) is 6.92 Å². The van der Waals surface area contributed by atoms with Crippen LogP contribution in [0, 0.1) is 0 Å². The van der Waals surface area contributed by atoms with Gasteiger partial charge in [-0.15, -0.1) is 0 Å². The van der Waals surface area contributed by atoms with Gasteiger partial charge >= 0.3 is 24.0 Å². The fourth-order valence-corrected chi connectivity index (χ4v) is 2.12. The van der Waals surface area contributed by atoms with Crippen molar-refractivity contribution in [1.29, 1.82) is 0 Å². The maximum atomic E-state index is 14.3. The molecule has 4 atom stereocenters. The van der Waals surface area contributed by atoms with Crippen molar-refractivity contribution in [3.05, 3.63) is 11.8 Å². The van der Waals surface area contributed by atoms with E-state index in [1.165, 1.54) is 0 Å². The van der Waals surface area contributed by atoms with Crippen LogP contribution >= 0.6 is 0 Å². The largest absolute Gasteiger partial charge is 0.490 e. The van der Waals surface area contributed by atoms with Crippen molar-refractivity contribution in [1.82, 2.24) is 5.32 Å². The molecule has 12 nitrogen and oxygen atoms in total. The predicted octanol–water partition coefficient (Wildman–Crippen LogP) is -1.88. The Labute approximate surface area is 170 Å². The summed E-state index contributed by atoms with van der Waals surface area (Å²) in [5.41, 5.74) is 10.4. The van der Waals surface area contributed by atoms with Crippen molar-refractivity contribution in [2.45, 2.75) is 43.3 Å². The van der Waals surface area contributed by atoms with Gasteiger partial charge in [-0.3, -0.25) is 4.79 Å².